The number of rotatable bonds is 3. The summed E-state index contributed by atoms with van der Waals surface area (Å²) in [4.78, 5) is 16.3. The number of hydrogen-bond acceptors (Lipinski definition) is 4. The maximum absolute atomic E-state index is 12.2. The number of anilines is 2. The first kappa shape index (κ1) is 13.1. The normalized spacial score (nSPS) is 10.5. The Labute approximate surface area is 111 Å². The molecule has 0 saturated carbocycles. The maximum Gasteiger partial charge on any atom is 0.277 e. The van der Waals surface area contributed by atoms with Crippen LogP contribution >= 0.6 is 0 Å². The number of hydrogen-bond donors (Lipinski definition) is 2. The third-order valence-corrected chi connectivity index (χ3v) is 2.86. The highest BCUT2D eigenvalue weighted by molar-refractivity contribution is 6.06. The van der Waals surface area contributed by atoms with Crippen molar-refractivity contribution < 1.29 is 4.79 Å². The summed E-state index contributed by atoms with van der Waals surface area (Å²) in [5.74, 6) is 0.192. The van der Waals surface area contributed by atoms with E-state index in [1.165, 1.54) is 4.68 Å². The van der Waals surface area contributed by atoms with Crippen LogP contribution in [0, 0.1) is 6.92 Å². The third-order valence-electron chi connectivity index (χ3n) is 2.86. The van der Waals surface area contributed by atoms with Crippen molar-refractivity contribution in [1.82, 2.24) is 14.8 Å². The average Bonchev–Trinajstić information content (AvgIpc) is 2.67. The summed E-state index contributed by atoms with van der Waals surface area (Å²) in [6.07, 6.45) is 2.38. The van der Waals surface area contributed by atoms with Gasteiger partial charge in [0, 0.05) is 13.2 Å². The van der Waals surface area contributed by atoms with Crippen molar-refractivity contribution in [3.8, 4) is 0 Å². The molecule has 0 atom stereocenters. The highest BCUT2D eigenvalue weighted by atomic mass is 16.2. The molecule has 2 rings (SSSR count). The Bertz CT molecular complexity index is 600. The smallest absolute Gasteiger partial charge is 0.277 e. The summed E-state index contributed by atoms with van der Waals surface area (Å²) in [5.41, 5.74) is 8.47. The van der Waals surface area contributed by atoms with Crippen LogP contribution in [0.4, 0.5) is 11.5 Å². The second kappa shape index (κ2) is 5.09. The molecule has 6 heteroatoms. The highest BCUT2D eigenvalue weighted by Gasteiger charge is 2.19. The number of carbonyl (C=O) groups is 1. The van der Waals surface area contributed by atoms with Crippen molar-refractivity contribution in [2.45, 2.75) is 20.3 Å². The first-order valence-electron chi connectivity index (χ1n) is 6.08. The number of aromatic nitrogens is 3. The van der Waals surface area contributed by atoms with E-state index in [-0.39, 0.29) is 5.91 Å². The Balaban J connectivity index is 2.25. The van der Waals surface area contributed by atoms with Gasteiger partial charge < -0.3 is 11.1 Å². The first-order chi connectivity index (χ1) is 9.02. The Morgan fingerprint density at radius 3 is 2.74 bits per heavy atom. The molecule has 0 radical (unpaired) electrons. The molecule has 100 valence electrons. The van der Waals surface area contributed by atoms with Crippen LogP contribution in [-0.4, -0.2) is 20.7 Å². The van der Waals surface area contributed by atoms with Gasteiger partial charge in [0.15, 0.2) is 0 Å². The number of nitrogens with one attached hydrogen (secondary N) is 1. The molecule has 1 amide bonds. The number of pyridine rings is 1. The lowest BCUT2D eigenvalue weighted by Gasteiger charge is -2.05. The van der Waals surface area contributed by atoms with Crippen LogP contribution in [0.3, 0.4) is 0 Å². The minimum absolute atomic E-state index is 0.302. The average molecular weight is 259 g/mol. The summed E-state index contributed by atoms with van der Waals surface area (Å²) < 4.78 is 1.50. The Hall–Kier alpha value is -2.37. The summed E-state index contributed by atoms with van der Waals surface area (Å²) in [6.45, 7) is 3.88. The fourth-order valence-corrected chi connectivity index (χ4v) is 1.84. The standard InChI is InChI=1S/C13H17N5O/c1-4-9-11(14)12(18(3)17-9)13(19)16-10-6-5-8(2)7-15-10/h5-7H,4,14H2,1-3H3,(H,15,16,19). The number of amides is 1. The van der Waals surface area contributed by atoms with Gasteiger partial charge >= 0.3 is 0 Å². The zero-order valence-corrected chi connectivity index (χ0v) is 11.3. The van der Waals surface area contributed by atoms with Gasteiger partial charge in [-0.1, -0.05) is 13.0 Å². The van der Waals surface area contributed by atoms with E-state index < -0.39 is 0 Å². The number of aryl methyl sites for hydroxylation is 3. The monoisotopic (exact) mass is 259 g/mol. The molecule has 0 spiro atoms. The Morgan fingerprint density at radius 2 is 2.21 bits per heavy atom. The topological polar surface area (TPSA) is 85.8 Å². The van der Waals surface area contributed by atoms with E-state index in [1.807, 2.05) is 19.9 Å². The van der Waals surface area contributed by atoms with Gasteiger partial charge in [0.1, 0.15) is 11.5 Å². The second-order valence-corrected chi connectivity index (χ2v) is 4.36. The Morgan fingerprint density at radius 1 is 1.47 bits per heavy atom. The number of nitrogen functional groups attached to an aromatic ring is 1. The van der Waals surface area contributed by atoms with E-state index in [1.54, 1.807) is 19.3 Å². The second-order valence-electron chi connectivity index (χ2n) is 4.36. The molecule has 19 heavy (non-hydrogen) atoms. The van der Waals surface area contributed by atoms with E-state index in [9.17, 15) is 4.79 Å². The van der Waals surface area contributed by atoms with E-state index in [2.05, 4.69) is 15.4 Å². The van der Waals surface area contributed by atoms with Crippen molar-refractivity contribution in [3.05, 3.63) is 35.3 Å². The van der Waals surface area contributed by atoms with Crippen LogP contribution in [0.25, 0.3) is 0 Å². The van der Waals surface area contributed by atoms with Crippen LogP contribution in [0.15, 0.2) is 18.3 Å². The summed E-state index contributed by atoms with van der Waals surface area (Å²) in [5, 5.41) is 6.93. The van der Waals surface area contributed by atoms with Crippen LogP contribution < -0.4 is 11.1 Å². The van der Waals surface area contributed by atoms with Gasteiger partial charge in [-0.25, -0.2) is 4.98 Å². The molecule has 0 saturated heterocycles. The molecule has 0 bridgehead atoms. The molecule has 0 aliphatic heterocycles. The molecule has 0 aliphatic rings. The zero-order valence-electron chi connectivity index (χ0n) is 11.3. The Kier molecular flexibility index (Phi) is 3.50. The quantitative estimate of drug-likeness (QED) is 0.875. The molecule has 3 N–H and O–H groups in total. The van der Waals surface area contributed by atoms with Crippen LogP contribution in [0.1, 0.15) is 28.7 Å². The van der Waals surface area contributed by atoms with Gasteiger partial charge in [0.05, 0.1) is 11.4 Å². The van der Waals surface area contributed by atoms with E-state index in [4.69, 9.17) is 5.73 Å². The van der Waals surface area contributed by atoms with Gasteiger partial charge in [-0.15, -0.1) is 0 Å². The third kappa shape index (κ3) is 2.57. The van der Waals surface area contributed by atoms with Crippen molar-refractivity contribution in [2.75, 3.05) is 11.1 Å². The minimum atomic E-state index is -0.302. The van der Waals surface area contributed by atoms with E-state index in [0.717, 1.165) is 11.3 Å². The van der Waals surface area contributed by atoms with E-state index in [0.29, 0.717) is 23.6 Å². The number of nitrogens with zero attached hydrogens (tertiary/aromatic N) is 3. The molecule has 2 heterocycles. The lowest BCUT2D eigenvalue weighted by atomic mass is 10.2. The van der Waals surface area contributed by atoms with Gasteiger partial charge in [-0.2, -0.15) is 5.10 Å². The molecule has 0 unspecified atom stereocenters. The molecule has 0 aromatic carbocycles. The van der Waals surface area contributed by atoms with Crippen LogP contribution in [-0.2, 0) is 13.5 Å². The van der Waals surface area contributed by atoms with Gasteiger partial charge in [-0.05, 0) is 25.0 Å². The fraction of sp³-hybridized carbons (Fsp3) is 0.308. The maximum atomic E-state index is 12.2. The molecule has 0 fully saturated rings. The SMILES string of the molecule is CCc1nn(C)c(C(=O)Nc2ccc(C)cn2)c1N. The van der Waals surface area contributed by atoms with Crippen molar-refractivity contribution in [3.63, 3.8) is 0 Å². The summed E-state index contributed by atoms with van der Waals surface area (Å²) in [7, 11) is 1.70. The van der Waals surface area contributed by atoms with Gasteiger partial charge in [0.2, 0.25) is 0 Å². The number of carbonyl (C=O) groups excluding carboxylic acids is 1. The van der Waals surface area contributed by atoms with Crippen molar-refractivity contribution in [1.29, 1.82) is 0 Å². The predicted octanol–water partition coefficient (Wildman–Crippen LogP) is 1.52. The van der Waals surface area contributed by atoms with Crippen LogP contribution in [0.5, 0.6) is 0 Å². The molecule has 2 aromatic heterocycles. The summed E-state index contributed by atoms with van der Waals surface area (Å²) >= 11 is 0. The fourth-order valence-electron chi connectivity index (χ4n) is 1.84. The molecule has 6 nitrogen and oxygen atoms in total. The molecule has 2 aromatic rings. The lowest BCUT2D eigenvalue weighted by Crippen LogP contribution is -2.18. The minimum Gasteiger partial charge on any atom is -0.395 e. The molecular weight excluding hydrogens is 242 g/mol. The van der Waals surface area contributed by atoms with Gasteiger partial charge in [-0.3, -0.25) is 9.48 Å². The number of nitrogens with two attached hydrogens (primary N) is 1. The lowest BCUT2D eigenvalue weighted by molar-refractivity contribution is 0.101. The summed E-state index contributed by atoms with van der Waals surface area (Å²) in [6, 6.07) is 3.63. The molecular formula is C13H17N5O. The largest absolute Gasteiger partial charge is 0.395 e. The van der Waals surface area contributed by atoms with Gasteiger partial charge in [0.25, 0.3) is 5.91 Å². The van der Waals surface area contributed by atoms with E-state index >= 15 is 0 Å². The van der Waals surface area contributed by atoms with Crippen molar-refractivity contribution >= 4 is 17.4 Å². The zero-order chi connectivity index (χ0) is 14.0. The highest BCUT2D eigenvalue weighted by Crippen LogP contribution is 2.18. The van der Waals surface area contributed by atoms with Crippen molar-refractivity contribution in [2.24, 2.45) is 7.05 Å². The predicted molar refractivity (Wildman–Crippen MR) is 73.9 cm³/mol. The van der Waals surface area contributed by atoms with Crippen LogP contribution in [0.2, 0.25) is 0 Å². The first-order valence-corrected chi connectivity index (χ1v) is 6.08. The molecule has 0 aliphatic carbocycles.